The van der Waals surface area contributed by atoms with Crippen LogP contribution in [0.1, 0.15) is 43.0 Å². The molecule has 0 spiro atoms. The number of hydrogen-bond donors (Lipinski definition) is 0. The lowest BCUT2D eigenvalue weighted by Gasteiger charge is -2.38. The van der Waals surface area contributed by atoms with Gasteiger partial charge in [-0.2, -0.15) is 11.3 Å². The van der Waals surface area contributed by atoms with Crippen LogP contribution in [0.4, 0.5) is 0 Å². The molecule has 1 aliphatic rings. The highest BCUT2D eigenvalue weighted by atomic mass is 32.1. The topological polar surface area (TPSA) is 29.5 Å². The zero-order valence-electron chi connectivity index (χ0n) is 11.1. The lowest BCUT2D eigenvalue weighted by atomic mass is 9.91. The van der Waals surface area contributed by atoms with Crippen molar-refractivity contribution >= 4 is 17.2 Å². The number of likely N-dealkylation sites (tertiary alicyclic amines) is 1. The van der Waals surface area contributed by atoms with Crippen LogP contribution >= 0.6 is 11.3 Å². The lowest BCUT2D eigenvalue weighted by Crippen LogP contribution is -2.50. The van der Waals surface area contributed by atoms with E-state index in [1.165, 1.54) is 0 Å². The zero-order valence-corrected chi connectivity index (χ0v) is 12.0. The monoisotopic (exact) mass is 267 g/mol. The minimum absolute atomic E-state index is 0.0808. The SMILES string of the molecule is CCCC1(COC)CCCN1C(=O)c1ccsc1. The number of methoxy groups -OCH3 is 1. The van der Waals surface area contributed by atoms with Crippen LogP contribution in [0.3, 0.4) is 0 Å². The van der Waals surface area contributed by atoms with Crippen LogP contribution in [0.25, 0.3) is 0 Å². The third-order valence-electron chi connectivity index (χ3n) is 3.74. The molecule has 1 amide bonds. The van der Waals surface area contributed by atoms with Crippen molar-refractivity contribution in [1.82, 2.24) is 4.90 Å². The Labute approximate surface area is 113 Å². The first-order chi connectivity index (χ1) is 8.73. The Balaban J connectivity index is 2.21. The Kier molecular flexibility index (Phi) is 4.40. The molecular formula is C14H21NO2S. The van der Waals surface area contributed by atoms with Crippen molar-refractivity contribution in [3.63, 3.8) is 0 Å². The van der Waals surface area contributed by atoms with Crippen LogP contribution in [0.2, 0.25) is 0 Å². The van der Waals surface area contributed by atoms with E-state index in [4.69, 9.17) is 4.74 Å². The molecule has 1 aromatic rings. The third-order valence-corrected chi connectivity index (χ3v) is 4.42. The molecule has 2 heterocycles. The summed E-state index contributed by atoms with van der Waals surface area (Å²) in [5.74, 6) is 0.166. The van der Waals surface area contributed by atoms with E-state index >= 15 is 0 Å². The number of hydrogen-bond acceptors (Lipinski definition) is 3. The van der Waals surface area contributed by atoms with E-state index in [1.807, 2.05) is 21.7 Å². The molecule has 1 aliphatic heterocycles. The number of rotatable bonds is 5. The van der Waals surface area contributed by atoms with Crippen LogP contribution in [-0.2, 0) is 4.74 Å². The molecule has 1 saturated heterocycles. The van der Waals surface area contributed by atoms with Gasteiger partial charge in [0.05, 0.1) is 17.7 Å². The van der Waals surface area contributed by atoms with Crippen LogP contribution in [0.15, 0.2) is 16.8 Å². The summed E-state index contributed by atoms with van der Waals surface area (Å²) in [6.45, 7) is 3.68. The van der Waals surface area contributed by atoms with E-state index in [0.29, 0.717) is 6.61 Å². The Morgan fingerprint density at radius 3 is 3.06 bits per heavy atom. The van der Waals surface area contributed by atoms with Crippen molar-refractivity contribution < 1.29 is 9.53 Å². The standard InChI is InChI=1S/C14H21NO2S/c1-3-6-14(11-17-2)7-4-8-15(14)13(16)12-5-9-18-10-12/h5,9-10H,3-4,6-8,11H2,1-2H3. The van der Waals surface area contributed by atoms with E-state index in [2.05, 4.69) is 6.92 Å². The number of nitrogens with zero attached hydrogens (tertiary/aromatic N) is 1. The predicted octanol–water partition coefficient (Wildman–Crippen LogP) is 3.17. The van der Waals surface area contributed by atoms with Crippen molar-refractivity contribution in [3.8, 4) is 0 Å². The van der Waals surface area contributed by atoms with Crippen molar-refractivity contribution in [2.75, 3.05) is 20.3 Å². The Bertz CT molecular complexity index is 383. The lowest BCUT2D eigenvalue weighted by molar-refractivity contribution is 0.0255. The minimum atomic E-state index is -0.0808. The number of carbonyl (C=O) groups is 1. The molecule has 1 atom stereocenters. The summed E-state index contributed by atoms with van der Waals surface area (Å²) in [5, 5.41) is 3.89. The fourth-order valence-electron chi connectivity index (χ4n) is 3.01. The van der Waals surface area contributed by atoms with Gasteiger partial charge in [-0.1, -0.05) is 13.3 Å². The Morgan fingerprint density at radius 1 is 1.61 bits per heavy atom. The van der Waals surface area contributed by atoms with E-state index in [0.717, 1.165) is 37.8 Å². The number of thiophene rings is 1. The van der Waals surface area contributed by atoms with Gasteiger partial charge in [0.25, 0.3) is 5.91 Å². The molecule has 18 heavy (non-hydrogen) atoms. The van der Waals surface area contributed by atoms with Gasteiger partial charge >= 0.3 is 0 Å². The first-order valence-corrected chi connectivity index (χ1v) is 7.51. The molecule has 0 aromatic carbocycles. The van der Waals surface area contributed by atoms with Crippen LogP contribution in [-0.4, -0.2) is 36.6 Å². The van der Waals surface area contributed by atoms with E-state index in [9.17, 15) is 4.79 Å². The summed E-state index contributed by atoms with van der Waals surface area (Å²) < 4.78 is 5.39. The van der Waals surface area contributed by atoms with Crippen molar-refractivity contribution in [2.24, 2.45) is 0 Å². The molecule has 0 N–H and O–H groups in total. The molecule has 1 unspecified atom stereocenters. The molecule has 2 rings (SSSR count). The first-order valence-electron chi connectivity index (χ1n) is 6.56. The molecule has 0 saturated carbocycles. The molecule has 4 heteroatoms. The van der Waals surface area contributed by atoms with Crippen LogP contribution in [0.5, 0.6) is 0 Å². The number of ether oxygens (including phenoxy) is 1. The van der Waals surface area contributed by atoms with Gasteiger partial charge < -0.3 is 9.64 Å². The largest absolute Gasteiger partial charge is 0.382 e. The minimum Gasteiger partial charge on any atom is -0.382 e. The first kappa shape index (κ1) is 13.6. The van der Waals surface area contributed by atoms with Gasteiger partial charge in [0.15, 0.2) is 0 Å². The molecule has 0 aliphatic carbocycles. The van der Waals surface area contributed by atoms with Gasteiger partial charge in [0, 0.05) is 19.0 Å². The summed E-state index contributed by atoms with van der Waals surface area (Å²) in [4.78, 5) is 14.6. The Morgan fingerprint density at radius 2 is 2.44 bits per heavy atom. The van der Waals surface area contributed by atoms with Gasteiger partial charge in [-0.25, -0.2) is 0 Å². The second-order valence-electron chi connectivity index (χ2n) is 4.98. The third kappa shape index (κ3) is 2.45. The summed E-state index contributed by atoms with van der Waals surface area (Å²) in [5.41, 5.74) is 0.737. The van der Waals surface area contributed by atoms with Gasteiger partial charge in [0.2, 0.25) is 0 Å². The highest BCUT2D eigenvalue weighted by Gasteiger charge is 2.43. The average Bonchev–Trinajstić information content (AvgIpc) is 2.98. The summed E-state index contributed by atoms with van der Waals surface area (Å²) in [7, 11) is 1.73. The molecule has 1 aromatic heterocycles. The van der Waals surface area contributed by atoms with E-state index in [-0.39, 0.29) is 11.4 Å². The van der Waals surface area contributed by atoms with Crippen molar-refractivity contribution in [1.29, 1.82) is 0 Å². The molecular weight excluding hydrogens is 246 g/mol. The highest BCUT2D eigenvalue weighted by molar-refractivity contribution is 7.08. The van der Waals surface area contributed by atoms with Gasteiger partial charge in [0.1, 0.15) is 0 Å². The van der Waals surface area contributed by atoms with Crippen LogP contribution in [0, 0.1) is 0 Å². The normalized spacial score (nSPS) is 23.6. The van der Waals surface area contributed by atoms with Gasteiger partial charge in [-0.3, -0.25) is 4.79 Å². The number of amides is 1. The maximum atomic E-state index is 12.6. The molecule has 0 bridgehead atoms. The van der Waals surface area contributed by atoms with Gasteiger partial charge in [-0.05, 0) is 30.7 Å². The smallest absolute Gasteiger partial charge is 0.255 e. The molecule has 0 radical (unpaired) electrons. The fraction of sp³-hybridized carbons (Fsp3) is 0.643. The van der Waals surface area contributed by atoms with Gasteiger partial charge in [-0.15, -0.1) is 0 Å². The highest BCUT2D eigenvalue weighted by Crippen LogP contribution is 2.35. The molecule has 3 nitrogen and oxygen atoms in total. The second-order valence-corrected chi connectivity index (χ2v) is 5.76. The Hall–Kier alpha value is -0.870. The zero-order chi connectivity index (χ0) is 13.0. The average molecular weight is 267 g/mol. The molecule has 100 valence electrons. The quantitative estimate of drug-likeness (QED) is 0.820. The van der Waals surface area contributed by atoms with E-state index < -0.39 is 0 Å². The van der Waals surface area contributed by atoms with Crippen molar-refractivity contribution in [2.45, 2.75) is 38.1 Å². The summed E-state index contributed by atoms with van der Waals surface area (Å²) in [6, 6.07) is 1.91. The maximum absolute atomic E-state index is 12.6. The predicted molar refractivity (Wildman–Crippen MR) is 74.1 cm³/mol. The summed E-state index contributed by atoms with van der Waals surface area (Å²) >= 11 is 1.57. The second kappa shape index (κ2) is 5.85. The van der Waals surface area contributed by atoms with Crippen LogP contribution < -0.4 is 0 Å². The van der Waals surface area contributed by atoms with E-state index in [1.54, 1.807) is 18.4 Å². The molecule has 1 fully saturated rings. The fourth-order valence-corrected chi connectivity index (χ4v) is 3.64. The van der Waals surface area contributed by atoms with Crippen molar-refractivity contribution in [3.05, 3.63) is 22.4 Å². The maximum Gasteiger partial charge on any atom is 0.255 e. The summed E-state index contributed by atoms with van der Waals surface area (Å²) in [6.07, 6.45) is 4.25. The number of carbonyl (C=O) groups excluding carboxylic acids is 1.